The Bertz CT molecular complexity index is 1100. The summed E-state index contributed by atoms with van der Waals surface area (Å²) in [7, 11) is 0. The molecule has 2 heterocycles. The maximum absolute atomic E-state index is 13.2. The fourth-order valence-corrected chi connectivity index (χ4v) is 7.11. The molecule has 1 saturated heterocycles. The Morgan fingerprint density at radius 2 is 1.86 bits per heavy atom. The van der Waals surface area contributed by atoms with E-state index < -0.39 is 6.04 Å². The molecule has 2 aliphatic heterocycles. The number of hydrogen-bond acceptors (Lipinski definition) is 5. The van der Waals surface area contributed by atoms with Crippen LogP contribution in [0.4, 0.5) is 5.69 Å². The van der Waals surface area contributed by atoms with Crippen molar-refractivity contribution < 1.29 is 9.90 Å². The van der Waals surface area contributed by atoms with Crippen LogP contribution in [0.2, 0.25) is 0 Å². The molecule has 2 unspecified atom stereocenters. The normalized spacial score (nSPS) is 22.2. The van der Waals surface area contributed by atoms with E-state index in [-0.39, 0.29) is 17.7 Å². The molecular weight excluding hydrogens is 460 g/mol. The summed E-state index contributed by atoms with van der Waals surface area (Å²) in [6, 6.07) is 9.53. The first kappa shape index (κ1) is 26.1. The van der Waals surface area contributed by atoms with Crippen LogP contribution in [-0.4, -0.2) is 41.6 Å². The third-order valence-corrected chi connectivity index (χ3v) is 9.06. The number of amides is 1. The van der Waals surface area contributed by atoms with Crippen molar-refractivity contribution in [2.45, 2.75) is 90.3 Å². The van der Waals surface area contributed by atoms with Crippen LogP contribution in [0.15, 0.2) is 30.3 Å². The third kappa shape index (κ3) is 5.96. The molecule has 0 radical (unpaired) electrons. The van der Waals surface area contributed by atoms with Gasteiger partial charge in [0.05, 0.1) is 12.1 Å². The van der Waals surface area contributed by atoms with Crippen molar-refractivity contribution in [3.63, 3.8) is 0 Å². The van der Waals surface area contributed by atoms with Crippen LogP contribution < -0.4 is 16.4 Å². The lowest BCUT2D eigenvalue weighted by molar-refractivity contribution is -0.123. The number of aryl methyl sites for hydroxylation is 2. The Balaban J connectivity index is 1.25. The number of carbonyl (C=O) groups excluding carboxylic acids is 1. The average molecular weight is 505 g/mol. The van der Waals surface area contributed by atoms with Crippen molar-refractivity contribution in [2.24, 2.45) is 11.1 Å². The summed E-state index contributed by atoms with van der Waals surface area (Å²) < 4.78 is 0. The maximum Gasteiger partial charge on any atom is 0.237 e. The molecule has 5 rings (SSSR count). The van der Waals surface area contributed by atoms with Crippen LogP contribution in [0, 0.1) is 19.3 Å². The Morgan fingerprint density at radius 1 is 1.14 bits per heavy atom. The first-order valence-electron chi connectivity index (χ1n) is 14.3. The number of phenolic OH excluding ortho intramolecular Hbond substituents is 1. The summed E-state index contributed by atoms with van der Waals surface area (Å²) in [5.74, 6) is 0.128. The number of benzene rings is 2. The third-order valence-electron chi connectivity index (χ3n) is 9.06. The minimum Gasteiger partial charge on any atom is -0.508 e. The highest BCUT2D eigenvalue weighted by Crippen LogP contribution is 2.43. The van der Waals surface area contributed by atoms with Gasteiger partial charge in [-0.25, -0.2) is 0 Å². The van der Waals surface area contributed by atoms with Gasteiger partial charge in [0.15, 0.2) is 0 Å². The number of nitrogens with one attached hydrogen (secondary N) is 2. The summed E-state index contributed by atoms with van der Waals surface area (Å²) >= 11 is 0. The second-order valence-corrected chi connectivity index (χ2v) is 11.9. The molecule has 0 aromatic heterocycles. The second kappa shape index (κ2) is 11.0. The number of anilines is 1. The second-order valence-electron chi connectivity index (χ2n) is 11.9. The monoisotopic (exact) mass is 504 g/mol. The molecule has 37 heavy (non-hydrogen) atoms. The molecule has 6 nitrogen and oxygen atoms in total. The van der Waals surface area contributed by atoms with Crippen molar-refractivity contribution >= 4 is 11.6 Å². The summed E-state index contributed by atoms with van der Waals surface area (Å²) in [6.07, 6.45) is 11.0. The molecule has 2 aromatic rings. The van der Waals surface area contributed by atoms with Crippen LogP contribution >= 0.6 is 0 Å². The van der Waals surface area contributed by atoms with Crippen LogP contribution in [0.1, 0.15) is 85.2 Å². The zero-order valence-corrected chi connectivity index (χ0v) is 22.6. The van der Waals surface area contributed by atoms with Crippen LogP contribution in [0.5, 0.6) is 5.75 Å². The molecule has 1 spiro atoms. The predicted molar refractivity (Wildman–Crippen MR) is 150 cm³/mol. The highest BCUT2D eigenvalue weighted by Gasteiger charge is 2.36. The smallest absolute Gasteiger partial charge is 0.237 e. The number of nitrogens with zero attached hydrogens (tertiary/aromatic N) is 1. The summed E-state index contributed by atoms with van der Waals surface area (Å²) in [5, 5.41) is 16.6. The number of nitrogens with two attached hydrogens (primary N) is 1. The first-order chi connectivity index (χ1) is 17.8. The summed E-state index contributed by atoms with van der Waals surface area (Å²) in [5.41, 5.74) is 13.5. The highest BCUT2D eigenvalue weighted by molar-refractivity contribution is 5.82. The zero-order chi connectivity index (χ0) is 26.0. The minimum atomic E-state index is -0.636. The lowest BCUT2D eigenvalue weighted by atomic mass is 9.69. The van der Waals surface area contributed by atoms with Crippen molar-refractivity contribution in [1.82, 2.24) is 10.2 Å². The molecule has 200 valence electrons. The Kier molecular flexibility index (Phi) is 7.77. The zero-order valence-electron chi connectivity index (χ0n) is 22.6. The van der Waals surface area contributed by atoms with Gasteiger partial charge in [-0.2, -0.15) is 0 Å². The molecule has 5 N–H and O–H groups in total. The van der Waals surface area contributed by atoms with E-state index in [0.29, 0.717) is 11.8 Å². The van der Waals surface area contributed by atoms with Crippen LogP contribution in [-0.2, 0) is 17.8 Å². The molecule has 1 saturated carbocycles. The van der Waals surface area contributed by atoms with Gasteiger partial charge >= 0.3 is 0 Å². The SMILES string of the molecule is Cc1cc(O)cc(C)c1CC(N)C(=O)NC1CCNc2ccc(CN3CCCC4(CCCCC4)C3)cc21. The summed E-state index contributed by atoms with van der Waals surface area (Å²) in [6.45, 7) is 8.13. The van der Waals surface area contributed by atoms with Crippen LogP contribution in [0.25, 0.3) is 0 Å². The van der Waals surface area contributed by atoms with Gasteiger partial charge < -0.3 is 21.5 Å². The number of aromatic hydroxyl groups is 1. The number of fused-ring (bicyclic) bond motifs is 1. The predicted octanol–water partition coefficient (Wildman–Crippen LogP) is 5.10. The van der Waals surface area contributed by atoms with Gasteiger partial charge in [-0.3, -0.25) is 9.69 Å². The quantitative estimate of drug-likeness (QED) is 0.440. The number of likely N-dealkylation sites (tertiary alicyclic amines) is 1. The molecule has 2 atom stereocenters. The molecule has 0 bridgehead atoms. The molecule has 2 fully saturated rings. The largest absolute Gasteiger partial charge is 0.508 e. The standard InChI is InChI=1S/C31H44N4O2/c1-21-15-24(36)16-22(2)25(21)18-27(32)30(37)34-29-9-13-33-28-8-7-23(17-26(28)29)19-35-14-6-12-31(20-35)10-4-3-5-11-31/h7-8,15-17,27,29,33,36H,3-6,9-14,18-20,32H2,1-2H3,(H,34,37). The summed E-state index contributed by atoms with van der Waals surface area (Å²) in [4.78, 5) is 15.8. The van der Waals surface area contributed by atoms with Gasteiger partial charge in [0.2, 0.25) is 5.91 Å². The van der Waals surface area contributed by atoms with E-state index in [9.17, 15) is 9.90 Å². The number of rotatable bonds is 6. The minimum absolute atomic E-state index is 0.0391. The van der Waals surface area contributed by atoms with E-state index >= 15 is 0 Å². The van der Waals surface area contributed by atoms with E-state index in [0.717, 1.165) is 41.9 Å². The first-order valence-corrected chi connectivity index (χ1v) is 14.3. The van der Waals surface area contributed by atoms with Gasteiger partial charge in [0, 0.05) is 25.3 Å². The lowest BCUT2D eigenvalue weighted by Gasteiger charge is -2.45. The molecule has 2 aromatic carbocycles. The van der Waals surface area contributed by atoms with Crippen molar-refractivity contribution in [3.8, 4) is 5.75 Å². The molecule has 6 heteroatoms. The lowest BCUT2D eigenvalue weighted by Crippen LogP contribution is -2.45. The van der Waals surface area contributed by atoms with Gasteiger partial charge in [0.1, 0.15) is 5.75 Å². The Morgan fingerprint density at radius 3 is 2.62 bits per heavy atom. The van der Waals surface area contributed by atoms with Gasteiger partial charge in [-0.15, -0.1) is 0 Å². The molecular formula is C31H44N4O2. The van der Waals surface area contributed by atoms with Crippen molar-refractivity contribution in [3.05, 3.63) is 58.1 Å². The maximum atomic E-state index is 13.2. The van der Waals surface area contributed by atoms with Gasteiger partial charge in [-0.05, 0) is 110 Å². The van der Waals surface area contributed by atoms with Gasteiger partial charge in [-0.1, -0.05) is 31.4 Å². The van der Waals surface area contributed by atoms with Crippen molar-refractivity contribution in [1.29, 1.82) is 0 Å². The molecule has 3 aliphatic rings. The van der Waals surface area contributed by atoms with Crippen LogP contribution in [0.3, 0.4) is 0 Å². The van der Waals surface area contributed by atoms with E-state index in [2.05, 4.69) is 33.7 Å². The van der Waals surface area contributed by atoms with E-state index in [1.165, 1.54) is 69.2 Å². The fraction of sp³-hybridized carbons (Fsp3) is 0.581. The van der Waals surface area contributed by atoms with E-state index in [4.69, 9.17) is 5.73 Å². The van der Waals surface area contributed by atoms with Gasteiger partial charge in [0.25, 0.3) is 0 Å². The van der Waals surface area contributed by atoms with Crippen molar-refractivity contribution in [2.75, 3.05) is 25.0 Å². The number of piperidine rings is 1. The van der Waals surface area contributed by atoms with E-state index in [1.54, 1.807) is 12.1 Å². The molecule has 1 aliphatic carbocycles. The fourth-order valence-electron chi connectivity index (χ4n) is 7.11. The Hall–Kier alpha value is -2.57. The number of hydrogen-bond donors (Lipinski definition) is 4. The topological polar surface area (TPSA) is 90.6 Å². The molecule has 1 amide bonds. The number of phenols is 1. The van der Waals surface area contributed by atoms with E-state index in [1.807, 2.05) is 13.8 Å². The number of carbonyl (C=O) groups is 1. The average Bonchev–Trinajstić information content (AvgIpc) is 2.87. The Labute approximate surface area is 222 Å². The highest BCUT2D eigenvalue weighted by atomic mass is 16.3.